The first-order valence-electron chi connectivity index (χ1n) is 8.63. The highest BCUT2D eigenvalue weighted by molar-refractivity contribution is 9.25. The molecule has 1 aromatic carbocycles. The van der Waals surface area contributed by atoms with Gasteiger partial charge in [-0.05, 0) is 24.2 Å². The highest BCUT2D eigenvalue weighted by Gasteiger charge is 2.32. The molecule has 3 heteroatoms. The number of unbranched alkanes of at least 4 members (excludes halogenated alkanes) is 6. The van der Waals surface area contributed by atoms with E-state index in [0.717, 1.165) is 5.75 Å². The Hall–Kier alpha value is -0.283. The van der Waals surface area contributed by atoms with Crippen LogP contribution in [0.4, 0.5) is 0 Å². The van der Waals surface area contributed by atoms with Crippen LogP contribution in [0.2, 0.25) is 12.1 Å². The zero-order chi connectivity index (χ0) is 15.4. The second kappa shape index (κ2) is 11.3. The molecule has 0 radical (unpaired) electrons. The smallest absolute Gasteiger partial charge is 0.321 e. The van der Waals surface area contributed by atoms with Crippen LogP contribution < -0.4 is 4.43 Å². The molecule has 0 saturated carbocycles. The van der Waals surface area contributed by atoms with Crippen LogP contribution in [0.15, 0.2) is 30.3 Å². The zero-order valence-corrected chi connectivity index (χ0v) is 16.3. The molecule has 1 rings (SSSR count). The predicted molar refractivity (Wildman–Crippen MR) is 99.6 cm³/mol. The van der Waals surface area contributed by atoms with Gasteiger partial charge in [0.15, 0.2) is 0 Å². The van der Waals surface area contributed by atoms with Crippen molar-refractivity contribution in [1.29, 1.82) is 0 Å². The third kappa shape index (κ3) is 8.67. The summed E-state index contributed by atoms with van der Waals surface area (Å²) in [5, 5.41) is 0. The van der Waals surface area contributed by atoms with Gasteiger partial charge in [-0.15, -0.1) is 0 Å². The molecule has 0 aromatic heterocycles. The number of halogens is 1. The number of rotatable bonds is 12. The normalized spacial score (nSPS) is 11.6. The average Bonchev–Trinajstić information content (AvgIpc) is 2.49. The highest BCUT2D eigenvalue weighted by Crippen LogP contribution is 2.31. The molecule has 120 valence electrons. The van der Waals surface area contributed by atoms with E-state index in [-0.39, 0.29) is 0 Å². The van der Waals surface area contributed by atoms with E-state index in [0.29, 0.717) is 0 Å². The van der Waals surface area contributed by atoms with Crippen molar-refractivity contribution in [2.45, 2.75) is 77.3 Å². The topological polar surface area (TPSA) is 9.23 Å². The van der Waals surface area contributed by atoms with Crippen LogP contribution >= 0.6 is 15.3 Å². The van der Waals surface area contributed by atoms with Crippen molar-refractivity contribution in [3.05, 3.63) is 30.3 Å². The molecule has 0 aliphatic heterocycles. The van der Waals surface area contributed by atoms with Crippen LogP contribution in [0, 0.1) is 0 Å². The van der Waals surface area contributed by atoms with E-state index < -0.39 is 6.94 Å². The number of hydrogen-bond acceptors (Lipinski definition) is 1. The van der Waals surface area contributed by atoms with Crippen LogP contribution in [0.25, 0.3) is 0 Å². The van der Waals surface area contributed by atoms with Gasteiger partial charge in [0.25, 0.3) is 0 Å². The summed E-state index contributed by atoms with van der Waals surface area (Å²) < 4.78 is 6.42. The monoisotopic (exact) mass is 370 g/mol. The maximum atomic E-state index is 6.42. The minimum atomic E-state index is -1.78. The Kier molecular flexibility index (Phi) is 10.1. The molecule has 0 atom stereocenters. The standard InChI is InChI=1S/C18H31BrOSi/c1-3-5-7-12-16-21(19,17-13-8-6-4-2)20-18-14-10-9-11-15-18/h9-11,14-15H,3-8,12-13,16-17H2,1-2H3. The van der Waals surface area contributed by atoms with Gasteiger partial charge in [0, 0.05) is 0 Å². The van der Waals surface area contributed by atoms with Crippen molar-refractivity contribution in [1.82, 2.24) is 0 Å². The molecule has 0 unspecified atom stereocenters. The maximum absolute atomic E-state index is 6.42. The van der Waals surface area contributed by atoms with Gasteiger partial charge in [-0.3, -0.25) is 0 Å². The van der Waals surface area contributed by atoms with Crippen LogP contribution in [0.3, 0.4) is 0 Å². The molecule has 0 aliphatic rings. The Bertz CT molecular complexity index is 343. The third-order valence-electron chi connectivity index (χ3n) is 3.85. The van der Waals surface area contributed by atoms with Crippen LogP contribution in [0.5, 0.6) is 5.75 Å². The fourth-order valence-electron chi connectivity index (χ4n) is 2.56. The third-order valence-corrected chi connectivity index (χ3v) is 9.52. The van der Waals surface area contributed by atoms with Crippen molar-refractivity contribution in [3.63, 3.8) is 0 Å². The van der Waals surface area contributed by atoms with Crippen molar-refractivity contribution >= 4 is 22.2 Å². The van der Waals surface area contributed by atoms with Gasteiger partial charge >= 0.3 is 6.94 Å². The van der Waals surface area contributed by atoms with Gasteiger partial charge in [-0.1, -0.05) is 98.7 Å². The summed E-state index contributed by atoms with van der Waals surface area (Å²) in [6.45, 7) is 2.76. The van der Waals surface area contributed by atoms with Crippen LogP contribution in [0.1, 0.15) is 65.2 Å². The molecule has 0 N–H and O–H groups in total. The van der Waals surface area contributed by atoms with E-state index in [9.17, 15) is 0 Å². The van der Waals surface area contributed by atoms with Gasteiger partial charge in [0.1, 0.15) is 5.75 Å². The molecule has 0 aliphatic carbocycles. The maximum Gasteiger partial charge on any atom is 0.321 e. The Balaban J connectivity index is 2.50. The largest absolute Gasteiger partial charge is 0.533 e. The highest BCUT2D eigenvalue weighted by atomic mass is 79.9. The lowest BCUT2D eigenvalue weighted by molar-refractivity contribution is 0.539. The molecule has 0 fully saturated rings. The SMILES string of the molecule is CCCCCC[Si](Br)(CCCCCC)Oc1ccccc1. The fourth-order valence-corrected chi connectivity index (χ4v) is 7.37. The van der Waals surface area contributed by atoms with Crippen molar-refractivity contribution < 1.29 is 4.43 Å². The lowest BCUT2D eigenvalue weighted by Crippen LogP contribution is -2.34. The van der Waals surface area contributed by atoms with Crippen molar-refractivity contribution in [2.24, 2.45) is 0 Å². The summed E-state index contributed by atoms with van der Waals surface area (Å²) >= 11 is 4.04. The summed E-state index contributed by atoms with van der Waals surface area (Å²) in [5.41, 5.74) is 0. The molecule has 21 heavy (non-hydrogen) atoms. The number of benzene rings is 1. The quantitative estimate of drug-likeness (QED) is 0.217. The summed E-state index contributed by atoms with van der Waals surface area (Å²) in [5.74, 6) is 1.03. The Morgan fingerprint density at radius 3 is 1.81 bits per heavy atom. The second-order valence-corrected chi connectivity index (χ2v) is 13.2. The van der Waals surface area contributed by atoms with Gasteiger partial charge in [-0.25, -0.2) is 0 Å². The molecule has 0 spiro atoms. The van der Waals surface area contributed by atoms with Gasteiger partial charge < -0.3 is 4.43 Å². The Labute approximate surface area is 140 Å². The fraction of sp³-hybridized carbons (Fsp3) is 0.667. The van der Waals surface area contributed by atoms with Crippen LogP contribution in [-0.4, -0.2) is 6.94 Å². The van der Waals surface area contributed by atoms with E-state index in [4.69, 9.17) is 4.43 Å². The predicted octanol–water partition coefficient (Wildman–Crippen LogP) is 7.06. The van der Waals surface area contributed by atoms with Gasteiger partial charge in [0.05, 0.1) is 0 Å². The summed E-state index contributed by atoms with van der Waals surface area (Å²) in [6.07, 6.45) is 10.6. The van der Waals surface area contributed by atoms with E-state index in [1.165, 1.54) is 63.5 Å². The first-order chi connectivity index (χ1) is 10.2. The molecule has 0 amide bonds. The minimum absolute atomic E-state index is 1.03. The van der Waals surface area contributed by atoms with Crippen molar-refractivity contribution in [3.8, 4) is 5.75 Å². The van der Waals surface area contributed by atoms with Gasteiger partial charge in [-0.2, -0.15) is 0 Å². The summed E-state index contributed by atoms with van der Waals surface area (Å²) in [6, 6.07) is 12.8. The first-order valence-corrected chi connectivity index (χ1v) is 13.2. The Morgan fingerprint density at radius 2 is 1.33 bits per heavy atom. The summed E-state index contributed by atoms with van der Waals surface area (Å²) in [7, 11) is 0. The minimum Gasteiger partial charge on any atom is -0.533 e. The second-order valence-electron chi connectivity index (χ2n) is 5.92. The van der Waals surface area contributed by atoms with Crippen LogP contribution in [-0.2, 0) is 0 Å². The van der Waals surface area contributed by atoms with E-state index >= 15 is 0 Å². The number of hydrogen-bond donors (Lipinski definition) is 0. The molecular weight excluding hydrogens is 340 g/mol. The lowest BCUT2D eigenvalue weighted by Gasteiger charge is -2.26. The molecule has 0 bridgehead atoms. The number of para-hydroxylation sites is 1. The van der Waals surface area contributed by atoms with Gasteiger partial charge in [0.2, 0.25) is 0 Å². The van der Waals surface area contributed by atoms with E-state index in [1.807, 2.05) is 6.07 Å². The lowest BCUT2D eigenvalue weighted by atomic mass is 10.2. The summed E-state index contributed by atoms with van der Waals surface area (Å²) in [4.78, 5) is 0. The molecule has 1 nitrogen and oxygen atoms in total. The first kappa shape index (κ1) is 18.8. The van der Waals surface area contributed by atoms with Crippen molar-refractivity contribution in [2.75, 3.05) is 0 Å². The molecule has 0 heterocycles. The van der Waals surface area contributed by atoms with E-state index in [2.05, 4.69) is 53.4 Å². The molecule has 0 saturated heterocycles. The van der Waals surface area contributed by atoms with E-state index in [1.54, 1.807) is 0 Å². The average molecular weight is 371 g/mol. The zero-order valence-electron chi connectivity index (χ0n) is 13.7. The Morgan fingerprint density at radius 1 is 0.810 bits per heavy atom. The molecule has 1 aromatic rings. The molecular formula is C18H31BrOSi.